The Morgan fingerprint density at radius 2 is 1.55 bits per heavy atom. The monoisotopic (exact) mass is 397 g/mol. The van der Waals surface area contributed by atoms with Gasteiger partial charge in [-0.3, -0.25) is 0 Å². The molecule has 3 aromatic heterocycles. The van der Waals surface area contributed by atoms with Gasteiger partial charge >= 0.3 is 0 Å². The molecule has 0 fully saturated rings. The smallest absolute Gasteiger partial charge is 0.289 e. The number of aromatic nitrogens is 4. The van der Waals surface area contributed by atoms with Gasteiger partial charge in [0, 0.05) is 28.0 Å². The third-order valence-electron chi connectivity index (χ3n) is 6.82. The van der Waals surface area contributed by atoms with Gasteiger partial charge in [-0.15, -0.1) is 0 Å². The lowest BCUT2D eigenvalue weighted by Gasteiger charge is -2.10. The van der Waals surface area contributed by atoms with Crippen molar-refractivity contribution in [1.29, 1.82) is 0 Å². The standard InChI is InChI=1S/C27H17N4/c1-2-7-17(8-3-1)31-21-13-12-19-18-9-4-5-10-20(18)25-27-23(19)24(21)26-22(31)11-6-14-29(26)16-30(27)15-28-25/h1-15H,16H2/q+1. The van der Waals surface area contributed by atoms with Crippen LogP contribution >= 0.6 is 0 Å². The molecule has 0 bridgehead atoms. The lowest BCUT2D eigenvalue weighted by atomic mass is 9.97. The molecule has 4 heterocycles. The SMILES string of the molecule is c1ccc(-n2c3ccc4c5ccccc5c5nc[n+]6c5c4c3c3c2cccn3C6)cc1. The normalized spacial score (nSPS) is 13.0. The van der Waals surface area contributed by atoms with E-state index >= 15 is 0 Å². The molecular formula is C27H17N4+. The average Bonchev–Trinajstić information content (AvgIpc) is 3.35. The van der Waals surface area contributed by atoms with Gasteiger partial charge in [-0.25, -0.2) is 4.57 Å². The topological polar surface area (TPSA) is 26.6 Å². The van der Waals surface area contributed by atoms with E-state index in [1.54, 1.807) is 0 Å². The predicted octanol–water partition coefficient (Wildman–Crippen LogP) is 5.55. The van der Waals surface area contributed by atoms with Crippen molar-refractivity contribution in [2.24, 2.45) is 0 Å². The van der Waals surface area contributed by atoms with Crippen LogP contribution in [0.2, 0.25) is 0 Å². The minimum atomic E-state index is 0.754. The third-order valence-corrected chi connectivity index (χ3v) is 6.82. The highest BCUT2D eigenvalue weighted by atomic mass is 15.2. The van der Waals surface area contributed by atoms with E-state index in [0.29, 0.717) is 0 Å². The number of benzene rings is 4. The molecule has 144 valence electrons. The lowest BCUT2D eigenvalue weighted by molar-refractivity contribution is -0.674. The van der Waals surface area contributed by atoms with Gasteiger partial charge in [0.25, 0.3) is 6.33 Å². The maximum absolute atomic E-state index is 4.88. The van der Waals surface area contributed by atoms with E-state index in [0.717, 1.165) is 12.2 Å². The number of nitrogens with zero attached hydrogens (tertiary/aromatic N) is 4. The summed E-state index contributed by atoms with van der Waals surface area (Å²) in [5.74, 6) is 0. The van der Waals surface area contributed by atoms with E-state index in [9.17, 15) is 0 Å². The largest absolute Gasteiger partial charge is 0.308 e. The van der Waals surface area contributed by atoms with Crippen molar-refractivity contribution in [3.63, 3.8) is 0 Å². The fourth-order valence-corrected chi connectivity index (χ4v) is 5.62. The molecule has 0 N–H and O–H groups in total. The van der Waals surface area contributed by atoms with E-state index < -0.39 is 0 Å². The first-order valence-electron chi connectivity index (χ1n) is 10.6. The Morgan fingerprint density at radius 1 is 0.710 bits per heavy atom. The van der Waals surface area contributed by atoms with Crippen molar-refractivity contribution in [3.05, 3.63) is 91.4 Å². The van der Waals surface area contributed by atoms with Crippen LogP contribution in [0.15, 0.2) is 91.4 Å². The van der Waals surface area contributed by atoms with Crippen molar-refractivity contribution in [1.82, 2.24) is 14.1 Å². The molecule has 4 aromatic carbocycles. The molecule has 0 saturated carbocycles. The van der Waals surface area contributed by atoms with Gasteiger partial charge in [0.1, 0.15) is 0 Å². The number of fused-ring (bicyclic) bond motifs is 3. The molecule has 1 aliphatic heterocycles. The van der Waals surface area contributed by atoms with Crippen LogP contribution in [0.25, 0.3) is 60.2 Å². The molecular weight excluding hydrogens is 380 g/mol. The van der Waals surface area contributed by atoms with E-state index in [2.05, 4.69) is 98.8 Å². The summed E-state index contributed by atoms with van der Waals surface area (Å²) < 4.78 is 7.06. The molecule has 0 amide bonds. The summed E-state index contributed by atoms with van der Waals surface area (Å²) in [6.45, 7) is 0.754. The first-order valence-corrected chi connectivity index (χ1v) is 10.6. The molecule has 0 aliphatic carbocycles. The van der Waals surface area contributed by atoms with Crippen LogP contribution in [0, 0.1) is 0 Å². The number of para-hydroxylation sites is 1. The summed E-state index contributed by atoms with van der Waals surface area (Å²) in [5, 5.41) is 6.40. The quantitative estimate of drug-likeness (QED) is 0.264. The third kappa shape index (κ3) is 1.78. The zero-order valence-corrected chi connectivity index (χ0v) is 16.7. The summed E-state index contributed by atoms with van der Waals surface area (Å²) in [5.41, 5.74) is 7.26. The Morgan fingerprint density at radius 3 is 2.45 bits per heavy atom. The van der Waals surface area contributed by atoms with Gasteiger partial charge < -0.3 is 9.13 Å². The fourth-order valence-electron chi connectivity index (χ4n) is 5.62. The summed E-state index contributed by atoms with van der Waals surface area (Å²) >= 11 is 0. The van der Waals surface area contributed by atoms with Crippen molar-refractivity contribution in [2.45, 2.75) is 6.67 Å². The molecule has 0 spiro atoms. The Hall–Kier alpha value is -4.18. The van der Waals surface area contributed by atoms with Gasteiger partial charge in [-0.1, -0.05) is 42.5 Å². The summed E-state index contributed by atoms with van der Waals surface area (Å²) in [7, 11) is 0. The summed E-state index contributed by atoms with van der Waals surface area (Å²) in [6.07, 6.45) is 4.19. The van der Waals surface area contributed by atoms with Gasteiger partial charge in [0.2, 0.25) is 5.52 Å². The number of pyridine rings is 1. The van der Waals surface area contributed by atoms with E-state index in [-0.39, 0.29) is 0 Å². The van der Waals surface area contributed by atoms with Crippen LogP contribution in [-0.2, 0) is 6.67 Å². The molecule has 0 atom stereocenters. The first-order chi connectivity index (χ1) is 15.4. The van der Waals surface area contributed by atoms with Crippen LogP contribution in [0.5, 0.6) is 0 Å². The molecule has 1 aliphatic rings. The average molecular weight is 397 g/mol. The lowest BCUT2D eigenvalue weighted by Crippen LogP contribution is -2.35. The number of hydrogen-bond donors (Lipinski definition) is 0. The minimum Gasteiger partial charge on any atom is -0.308 e. The Kier molecular flexibility index (Phi) is 2.67. The molecule has 0 unspecified atom stereocenters. The van der Waals surface area contributed by atoms with Crippen molar-refractivity contribution >= 4 is 54.5 Å². The Bertz CT molecular complexity index is 1860. The number of hydrogen-bond acceptors (Lipinski definition) is 1. The predicted molar refractivity (Wildman–Crippen MR) is 125 cm³/mol. The number of imidazole rings is 1. The van der Waals surface area contributed by atoms with Gasteiger partial charge in [-0.05, 0) is 52.2 Å². The zero-order valence-electron chi connectivity index (χ0n) is 16.7. The second-order valence-electron chi connectivity index (χ2n) is 8.36. The van der Waals surface area contributed by atoms with Crippen LogP contribution in [-0.4, -0.2) is 14.1 Å². The molecule has 31 heavy (non-hydrogen) atoms. The van der Waals surface area contributed by atoms with Gasteiger partial charge in [0.15, 0.2) is 12.2 Å². The van der Waals surface area contributed by atoms with Crippen molar-refractivity contribution < 1.29 is 4.57 Å². The van der Waals surface area contributed by atoms with Crippen LogP contribution < -0.4 is 4.57 Å². The van der Waals surface area contributed by atoms with Crippen LogP contribution in [0.3, 0.4) is 0 Å². The zero-order chi connectivity index (χ0) is 20.1. The molecule has 0 radical (unpaired) electrons. The highest BCUT2D eigenvalue weighted by molar-refractivity contribution is 6.33. The molecule has 8 rings (SSSR count). The second-order valence-corrected chi connectivity index (χ2v) is 8.36. The molecule has 7 aromatic rings. The second kappa shape index (κ2) is 5.29. The Balaban J connectivity index is 1.75. The maximum Gasteiger partial charge on any atom is 0.289 e. The van der Waals surface area contributed by atoms with Crippen LogP contribution in [0.1, 0.15) is 0 Å². The Labute approximate surface area is 177 Å². The highest BCUT2D eigenvalue weighted by Crippen LogP contribution is 2.42. The molecule has 4 nitrogen and oxygen atoms in total. The van der Waals surface area contributed by atoms with Crippen molar-refractivity contribution in [2.75, 3.05) is 0 Å². The summed E-state index contributed by atoms with van der Waals surface area (Å²) in [6, 6.07) is 28.3. The molecule has 0 saturated heterocycles. The van der Waals surface area contributed by atoms with E-state index in [4.69, 9.17) is 4.98 Å². The van der Waals surface area contributed by atoms with Crippen molar-refractivity contribution in [3.8, 4) is 5.69 Å². The van der Waals surface area contributed by atoms with Gasteiger partial charge in [-0.2, -0.15) is 0 Å². The van der Waals surface area contributed by atoms with E-state index in [1.165, 1.54) is 54.7 Å². The molecule has 4 heteroatoms. The fraction of sp³-hybridized carbons (Fsp3) is 0.0370. The summed E-state index contributed by atoms with van der Waals surface area (Å²) in [4.78, 5) is 4.88. The highest BCUT2D eigenvalue weighted by Gasteiger charge is 2.28. The maximum atomic E-state index is 4.88. The first kappa shape index (κ1) is 15.6. The van der Waals surface area contributed by atoms with Gasteiger partial charge in [0.05, 0.1) is 16.6 Å². The number of rotatable bonds is 1. The minimum absolute atomic E-state index is 0.754. The van der Waals surface area contributed by atoms with E-state index in [1.807, 2.05) is 6.33 Å². The van der Waals surface area contributed by atoms with Crippen LogP contribution in [0.4, 0.5) is 0 Å².